The first-order chi connectivity index (χ1) is 24.2. The van der Waals surface area contributed by atoms with E-state index in [1.54, 1.807) is 0 Å². The minimum absolute atomic E-state index is 0.595. The number of oxazole rings is 1. The van der Waals surface area contributed by atoms with Crippen LogP contribution in [0.25, 0.3) is 93.5 Å². The molecule has 0 aliphatic heterocycles. The summed E-state index contributed by atoms with van der Waals surface area (Å²) in [6, 6.07) is 58.9. The van der Waals surface area contributed by atoms with Crippen molar-refractivity contribution in [1.82, 2.24) is 4.98 Å². The van der Waals surface area contributed by atoms with E-state index in [0.717, 1.165) is 55.6 Å². The molecule has 0 fully saturated rings. The van der Waals surface area contributed by atoms with Crippen molar-refractivity contribution in [2.45, 2.75) is 0 Å². The molecule has 49 heavy (non-hydrogen) atoms. The first-order valence-electron chi connectivity index (χ1n) is 16.3. The molecule has 8 aromatic carbocycles. The molecule has 0 unspecified atom stereocenters. The second-order valence-electron chi connectivity index (χ2n) is 12.3. The van der Waals surface area contributed by atoms with Gasteiger partial charge in [0.05, 0.1) is 6.57 Å². The van der Waals surface area contributed by atoms with Gasteiger partial charge in [-0.05, 0) is 90.8 Å². The summed E-state index contributed by atoms with van der Waals surface area (Å²) in [4.78, 5) is 8.58. The Morgan fingerprint density at radius 3 is 1.69 bits per heavy atom. The maximum atomic E-state index is 7.23. The van der Waals surface area contributed by atoms with Gasteiger partial charge >= 0.3 is 0 Å². The zero-order valence-electron chi connectivity index (χ0n) is 26.5. The van der Waals surface area contributed by atoms with E-state index in [1.807, 2.05) is 30.3 Å². The van der Waals surface area contributed by atoms with Crippen molar-refractivity contribution >= 4 is 38.3 Å². The van der Waals surface area contributed by atoms with E-state index in [-0.39, 0.29) is 0 Å². The molecule has 1 aromatic heterocycles. The van der Waals surface area contributed by atoms with Gasteiger partial charge in [0.25, 0.3) is 0 Å². The summed E-state index contributed by atoms with van der Waals surface area (Å²) in [6.07, 6.45) is 0. The third kappa shape index (κ3) is 5.13. The predicted octanol–water partition coefficient (Wildman–Crippen LogP) is 13.0. The van der Waals surface area contributed by atoms with Crippen molar-refractivity contribution in [1.29, 1.82) is 0 Å². The molecule has 0 aliphatic carbocycles. The molecule has 228 valence electrons. The molecule has 1 heterocycles. The molecular weight excluding hydrogens is 597 g/mol. The van der Waals surface area contributed by atoms with Crippen molar-refractivity contribution in [2.75, 3.05) is 0 Å². The number of aromatic nitrogens is 1. The fourth-order valence-corrected chi connectivity index (χ4v) is 6.83. The molecule has 0 spiro atoms. The van der Waals surface area contributed by atoms with E-state index in [4.69, 9.17) is 16.0 Å². The molecule has 3 nitrogen and oxygen atoms in total. The molecule has 0 bridgehead atoms. The molecule has 9 rings (SSSR count). The summed E-state index contributed by atoms with van der Waals surface area (Å²) in [5, 5.41) is 4.99. The molecule has 0 aliphatic rings. The normalized spacial score (nSPS) is 11.2. The molecule has 0 atom stereocenters. The van der Waals surface area contributed by atoms with Gasteiger partial charge in [-0.2, -0.15) is 0 Å². The van der Waals surface area contributed by atoms with Crippen molar-refractivity contribution in [3.05, 3.63) is 181 Å². The third-order valence-electron chi connectivity index (χ3n) is 9.34. The quantitative estimate of drug-likeness (QED) is 0.141. The molecule has 0 saturated heterocycles. The van der Waals surface area contributed by atoms with E-state index in [9.17, 15) is 0 Å². The molecule has 3 heteroatoms. The van der Waals surface area contributed by atoms with Crippen LogP contribution in [0, 0.1) is 6.57 Å². The van der Waals surface area contributed by atoms with Gasteiger partial charge < -0.3 is 4.42 Å². The number of benzene rings is 8. The highest BCUT2D eigenvalue weighted by Gasteiger charge is 2.17. The van der Waals surface area contributed by atoms with Gasteiger partial charge in [-0.25, -0.2) is 9.83 Å². The minimum Gasteiger partial charge on any atom is -0.436 e. The highest BCUT2D eigenvalue weighted by Crippen LogP contribution is 2.39. The van der Waals surface area contributed by atoms with Crippen LogP contribution < -0.4 is 0 Å². The lowest BCUT2D eigenvalue weighted by Crippen LogP contribution is -1.86. The van der Waals surface area contributed by atoms with Gasteiger partial charge in [0.1, 0.15) is 5.52 Å². The van der Waals surface area contributed by atoms with Crippen molar-refractivity contribution in [3.8, 4) is 56.0 Å². The topological polar surface area (TPSA) is 30.4 Å². The Kier molecular flexibility index (Phi) is 6.85. The molecular formula is C46H28N2O. The largest absolute Gasteiger partial charge is 0.436 e. The lowest BCUT2D eigenvalue weighted by molar-refractivity contribution is 0.620. The molecule has 0 amide bonds. The van der Waals surface area contributed by atoms with Crippen LogP contribution in [-0.2, 0) is 0 Å². The third-order valence-corrected chi connectivity index (χ3v) is 9.34. The van der Waals surface area contributed by atoms with Crippen LogP contribution in [0.5, 0.6) is 0 Å². The fraction of sp³-hybridized carbons (Fsp3) is 0. The Hall–Kier alpha value is -6.76. The van der Waals surface area contributed by atoms with Gasteiger partial charge in [-0.15, -0.1) is 0 Å². The van der Waals surface area contributed by atoms with Gasteiger partial charge in [-0.1, -0.05) is 140 Å². The smallest absolute Gasteiger partial charge is 0.227 e. The Bertz CT molecular complexity index is 2680. The monoisotopic (exact) mass is 624 g/mol. The predicted molar refractivity (Wildman–Crippen MR) is 202 cm³/mol. The summed E-state index contributed by atoms with van der Waals surface area (Å²) in [5.74, 6) is 0.595. The van der Waals surface area contributed by atoms with E-state index < -0.39 is 0 Å². The lowest BCUT2D eigenvalue weighted by atomic mass is 9.93. The Balaban J connectivity index is 1.11. The summed E-state index contributed by atoms with van der Waals surface area (Å²) >= 11 is 0. The van der Waals surface area contributed by atoms with Crippen molar-refractivity contribution in [3.63, 3.8) is 0 Å². The first kappa shape index (κ1) is 28.5. The SMILES string of the molecule is [C-]#[N+]c1ccc(-c2ccc(-c3cc(-c4ccccc4)c4nc(-c5ccc(-c6cc7ccccc7c7ccccc67)cc5)oc4c3)cc2)cc1. The summed E-state index contributed by atoms with van der Waals surface area (Å²) in [5.41, 5.74) is 12.0. The van der Waals surface area contributed by atoms with Gasteiger partial charge in [0, 0.05) is 11.1 Å². The lowest BCUT2D eigenvalue weighted by Gasteiger charge is -2.11. The van der Waals surface area contributed by atoms with Crippen LogP contribution in [0.15, 0.2) is 174 Å². The number of rotatable bonds is 5. The fourth-order valence-electron chi connectivity index (χ4n) is 6.83. The first-order valence-corrected chi connectivity index (χ1v) is 16.3. The molecule has 0 N–H and O–H groups in total. The number of hydrogen-bond donors (Lipinski definition) is 0. The standard InChI is InChI=1S/C46H28N2O/c1-47-38-25-23-31(24-26-38)30-15-17-32(18-16-30)37-28-43(33-9-3-2-4-10-33)45-44(29-37)49-46(48-45)35-21-19-34(20-22-35)42-27-36-11-5-6-12-39(36)40-13-7-8-14-41(40)42/h2-29H. The molecule has 0 radical (unpaired) electrons. The number of nitrogens with zero attached hydrogens (tertiary/aromatic N) is 2. The number of hydrogen-bond acceptors (Lipinski definition) is 2. The van der Waals surface area contributed by atoms with Gasteiger partial charge in [-0.3, -0.25) is 0 Å². The Labute approximate surface area is 284 Å². The summed E-state index contributed by atoms with van der Waals surface area (Å²) in [6.45, 7) is 7.23. The van der Waals surface area contributed by atoms with E-state index >= 15 is 0 Å². The van der Waals surface area contributed by atoms with Crippen molar-refractivity contribution < 1.29 is 4.42 Å². The Morgan fingerprint density at radius 1 is 0.429 bits per heavy atom. The highest BCUT2D eigenvalue weighted by molar-refractivity contribution is 6.13. The summed E-state index contributed by atoms with van der Waals surface area (Å²) < 4.78 is 6.53. The zero-order valence-corrected chi connectivity index (χ0v) is 26.5. The van der Waals surface area contributed by atoms with Crippen LogP contribution in [0.2, 0.25) is 0 Å². The second kappa shape index (κ2) is 11.8. The maximum Gasteiger partial charge on any atom is 0.227 e. The van der Waals surface area contributed by atoms with Crippen LogP contribution in [0.4, 0.5) is 5.69 Å². The molecule has 0 saturated carbocycles. The maximum absolute atomic E-state index is 7.23. The molecule has 9 aromatic rings. The van der Waals surface area contributed by atoms with E-state index in [1.165, 1.54) is 27.1 Å². The Morgan fingerprint density at radius 2 is 0.980 bits per heavy atom. The van der Waals surface area contributed by atoms with E-state index in [0.29, 0.717) is 11.6 Å². The van der Waals surface area contributed by atoms with Crippen LogP contribution >= 0.6 is 0 Å². The number of fused-ring (bicyclic) bond motifs is 4. The average Bonchev–Trinajstić information content (AvgIpc) is 3.62. The van der Waals surface area contributed by atoms with Crippen LogP contribution in [0.3, 0.4) is 0 Å². The van der Waals surface area contributed by atoms with Gasteiger partial charge in [0.2, 0.25) is 5.89 Å². The second-order valence-corrected chi connectivity index (χ2v) is 12.3. The van der Waals surface area contributed by atoms with E-state index in [2.05, 4.69) is 144 Å². The van der Waals surface area contributed by atoms with Crippen LogP contribution in [0.1, 0.15) is 0 Å². The average molecular weight is 625 g/mol. The zero-order chi connectivity index (χ0) is 32.7. The van der Waals surface area contributed by atoms with Crippen LogP contribution in [-0.4, -0.2) is 4.98 Å². The highest BCUT2D eigenvalue weighted by atomic mass is 16.3. The van der Waals surface area contributed by atoms with Crippen molar-refractivity contribution in [2.24, 2.45) is 0 Å². The summed E-state index contributed by atoms with van der Waals surface area (Å²) in [7, 11) is 0. The van der Waals surface area contributed by atoms with Gasteiger partial charge in [0.15, 0.2) is 11.3 Å². The minimum atomic E-state index is 0.595.